The number of aromatic nitrogens is 4. The second kappa shape index (κ2) is 7.34. The van der Waals surface area contributed by atoms with E-state index in [9.17, 15) is 4.79 Å². The summed E-state index contributed by atoms with van der Waals surface area (Å²) in [5.74, 6) is 0.877. The first-order valence-electron chi connectivity index (χ1n) is 10.9. The molecule has 32 heavy (non-hydrogen) atoms. The Kier molecular flexibility index (Phi) is 4.31. The van der Waals surface area contributed by atoms with Gasteiger partial charge in [0.15, 0.2) is 0 Å². The van der Waals surface area contributed by atoms with Gasteiger partial charge in [-0.15, -0.1) is 0 Å². The van der Waals surface area contributed by atoms with Crippen LogP contribution < -0.4 is 4.74 Å². The molecule has 0 spiro atoms. The van der Waals surface area contributed by atoms with Gasteiger partial charge >= 0.3 is 0 Å². The number of nitrogens with one attached hydrogen (secondary N) is 1. The summed E-state index contributed by atoms with van der Waals surface area (Å²) >= 11 is 0. The number of H-pyrrole nitrogens is 1. The van der Waals surface area contributed by atoms with Crippen LogP contribution in [0.1, 0.15) is 29.6 Å². The first-order valence-corrected chi connectivity index (χ1v) is 10.9. The van der Waals surface area contributed by atoms with Gasteiger partial charge in [0.2, 0.25) is 0 Å². The second-order valence-electron chi connectivity index (χ2n) is 8.41. The highest BCUT2D eigenvalue weighted by atomic mass is 16.5. The van der Waals surface area contributed by atoms with Gasteiger partial charge in [-0.1, -0.05) is 24.3 Å². The standard InChI is InChI=1S/C26H22N4O2/c1-30-14-18(12-28-30)22-11-20-23(13-27-22)29-21-9-10-24(32-19-3-2-4-19)25(26(20)21)17-7-5-16(15-31)6-8-17/h5-15,19,29H,2-4H2,1H3. The van der Waals surface area contributed by atoms with Gasteiger partial charge in [-0.2, -0.15) is 5.10 Å². The number of hydrogen-bond acceptors (Lipinski definition) is 4. The van der Waals surface area contributed by atoms with Gasteiger partial charge in [0.1, 0.15) is 12.0 Å². The van der Waals surface area contributed by atoms with Gasteiger partial charge in [0.05, 0.1) is 29.7 Å². The minimum absolute atomic E-state index is 0.262. The lowest BCUT2D eigenvalue weighted by atomic mass is 9.94. The van der Waals surface area contributed by atoms with E-state index in [0.29, 0.717) is 5.56 Å². The minimum Gasteiger partial charge on any atom is -0.490 e. The van der Waals surface area contributed by atoms with Crippen LogP contribution in [0.15, 0.2) is 61.1 Å². The van der Waals surface area contributed by atoms with Crippen molar-refractivity contribution in [2.24, 2.45) is 7.05 Å². The van der Waals surface area contributed by atoms with Crippen LogP contribution in [0.5, 0.6) is 5.75 Å². The zero-order valence-corrected chi connectivity index (χ0v) is 17.7. The van der Waals surface area contributed by atoms with Crippen LogP contribution in [0.4, 0.5) is 0 Å². The molecule has 0 unspecified atom stereocenters. The number of fused-ring (bicyclic) bond motifs is 3. The maximum atomic E-state index is 11.2. The van der Waals surface area contributed by atoms with Crippen molar-refractivity contribution in [3.05, 3.63) is 66.6 Å². The third-order valence-electron chi connectivity index (χ3n) is 6.29. The number of aryl methyl sites for hydroxylation is 1. The highest BCUT2D eigenvalue weighted by Gasteiger charge is 2.23. The maximum absolute atomic E-state index is 11.2. The largest absolute Gasteiger partial charge is 0.490 e. The third kappa shape index (κ3) is 3.07. The normalized spacial score (nSPS) is 14.0. The molecule has 1 aliphatic carbocycles. The van der Waals surface area contributed by atoms with E-state index >= 15 is 0 Å². The van der Waals surface area contributed by atoms with Crippen molar-refractivity contribution in [3.63, 3.8) is 0 Å². The predicted octanol–water partition coefficient (Wildman–Crippen LogP) is 5.53. The maximum Gasteiger partial charge on any atom is 0.150 e. The molecule has 158 valence electrons. The zero-order chi connectivity index (χ0) is 21.7. The first-order chi connectivity index (χ1) is 15.7. The van der Waals surface area contributed by atoms with Crippen molar-refractivity contribution in [3.8, 4) is 28.1 Å². The lowest BCUT2D eigenvalue weighted by Crippen LogP contribution is -2.24. The molecule has 0 bridgehead atoms. The zero-order valence-electron chi connectivity index (χ0n) is 17.7. The molecule has 5 aromatic rings. The van der Waals surface area contributed by atoms with E-state index in [2.05, 4.69) is 33.3 Å². The summed E-state index contributed by atoms with van der Waals surface area (Å²) in [5.41, 5.74) is 6.57. The van der Waals surface area contributed by atoms with E-state index in [1.807, 2.05) is 49.9 Å². The van der Waals surface area contributed by atoms with Crippen molar-refractivity contribution in [1.82, 2.24) is 19.7 Å². The van der Waals surface area contributed by atoms with Crippen LogP contribution in [-0.4, -0.2) is 32.1 Å². The number of rotatable bonds is 5. The van der Waals surface area contributed by atoms with Gasteiger partial charge < -0.3 is 9.72 Å². The summed E-state index contributed by atoms with van der Waals surface area (Å²) in [6.07, 6.45) is 10.2. The van der Waals surface area contributed by atoms with E-state index < -0.39 is 0 Å². The molecule has 0 aliphatic heterocycles. The number of hydrogen-bond donors (Lipinski definition) is 1. The van der Waals surface area contributed by atoms with Crippen molar-refractivity contribution >= 4 is 28.1 Å². The molecule has 1 saturated carbocycles. The van der Waals surface area contributed by atoms with Crippen LogP contribution in [0.2, 0.25) is 0 Å². The molecule has 6 heteroatoms. The number of aromatic amines is 1. The van der Waals surface area contributed by atoms with Crippen LogP contribution in [0.3, 0.4) is 0 Å². The molecule has 3 aromatic heterocycles. The molecular formula is C26H22N4O2. The van der Waals surface area contributed by atoms with Crippen molar-refractivity contribution in [2.75, 3.05) is 0 Å². The predicted molar refractivity (Wildman–Crippen MR) is 125 cm³/mol. The summed E-state index contributed by atoms with van der Waals surface area (Å²) in [5, 5.41) is 6.47. The molecule has 3 heterocycles. The van der Waals surface area contributed by atoms with Crippen molar-refractivity contribution in [2.45, 2.75) is 25.4 Å². The van der Waals surface area contributed by atoms with Gasteiger partial charge in [0.25, 0.3) is 0 Å². The van der Waals surface area contributed by atoms with Gasteiger partial charge in [-0.25, -0.2) is 0 Å². The van der Waals surface area contributed by atoms with Gasteiger partial charge in [-0.3, -0.25) is 14.5 Å². The molecule has 0 radical (unpaired) electrons. The molecule has 1 aliphatic rings. The molecule has 6 nitrogen and oxygen atoms in total. The molecule has 0 atom stereocenters. The van der Waals surface area contributed by atoms with E-state index in [-0.39, 0.29) is 6.10 Å². The lowest BCUT2D eigenvalue weighted by Gasteiger charge is -2.28. The molecule has 6 rings (SSSR count). The average Bonchev–Trinajstić information content (AvgIpc) is 3.39. The summed E-state index contributed by atoms with van der Waals surface area (Å²) in [6, 6.07) is 13.9. The van der Waals surface area contributed by atoms with E-state index in [1.165, 1.54) is 6.42 Å². The third-order valence-corrected chi connectivity index (χ3v) is 6.29. The summed E-state index contributed by atoms with van der Waals surface area (Å²) in [6.45, 7) is 0. The Balaban J connectivity index is 1.61. The minimum atomic E-state index is 0.262. The number of aldehydes is 1. The van der Waals surface area contributed by atoms with Gasteiger partial charge in [0, 0.05) is 46.2 Å². The van der Waals surface area contributed by atoms with E-state index in [0.717, 1.165) is 69.1 Å². The monoisotopic (exact) mass is 422 g/mol. The summed E-state index contributed by atoms with van der Waals surface area (Å²) in [4.78, 5) is 19.3. The highest BCUT2D eigenvalue weighted by molar-refractivity contribution is 6.16. The van der Waals surface area contributed by atoms with Crippen molar-refractivity contribution in [1.29, 1.82) is 0 Å². The fourth-order valence-corrected chi connectivity index (χ4v) is 4.37. The number of carbonyl (C=O) groups excluding carboxylic acids is 1. The molecule has 0 amide bonds. The Morgan fingerprint density at radius 2 is 1.91 bits per heavy atom. The van der Waals surface area contributed by atoms with Gasteiger partial charge in [-0.05, 0) is 43.0 Å². The first kappa shape index (κ1) is 18.8. The Morgan fingerprint density at radius 1 is 1.06 bits per heavy atom. The van der Waals surface area contributed by atoms with Crippen LogP contribution in [0, 0.1) is 0 Å². The van der Waals surface area contributed by atoms with E-state index in [1.54, 1.807) is 4.68 Å². The van der Waals surface area contributed by atoms with Crippen molar-refractivity contribution < 1.29 is 9.53 Å². The number of ether oxygens (including phenoxy) is 1. The SMILES string of the molecule is Cn1cc(-c2cc3c(cn2)[nH]c2ccc(OC4CCC4)c(-c4ccc(C=O)cc4)c23)cn1. The Labute approximate surface area is 184 Å². The number of nitrogens with zero attached hydrogens (tertiary/aromatic N) is 3. The lowest BCUT2D eigenvalue weighted by molar-refractivity contribution is 0.112. The van der Waals surface area contributed by atoms with E-state index in [4.69, 9.17) is 4.74 Å². The fraction of sp³-hybridized carbons (Fsp3) is 0.192. The fourth-order valence-electron chi connectivity index (χ4n) is 4.37. The Hall–Kier alpha value is -3.93. The highest BCUT2D eigenvalue weighted by Crippen LogP contribution is 2.43. The molecule has 2 aromatic carbocycles. The molecular weight excluding hydrogens is 400 g/mol. The van der Waals surface area contributed by atoms with Crippen LogP contribution in [-0.2, 0) is 7.05 Å². The number of pyridine rings is 1. The number of benzene rings is 2. The topological polar surface area (TPSA) is 72.8 Å². The quantitative estimate of drug-likeness (QED) is 0.378. The Bertz CT molecular complexity index is 1460. The second-order valence-corrected chi connectivity index (χ2v) is 8.41. The van der Waals surface area contributed by atoms with Crippen LogP contribution >= 0.6 is 0 Å². The number of carbonyl (C=O) groups is 1. The summed E-state index contributed by atoms with van der Waals surface area (Å²) in [7, 11) is 1.90. The molecule has 1 N–H and O–H groups in total. The molecule has 0 saturated heterocycles. The average molecular weight is 422 g/mol. The van der Waals surface area contributed by atoms with Crippen LogP contribution in [0.25, 0.3) is 44.2 Å². The smallest absolute Gasteiger partial charge is 0.150 e. The summed E-state index contributed by atoms with van der Waals surface area (Å²) < 4.78 is 8.20. The molecule has 1 fully saturated rings. The Morgan fingerprint density at radius 3 is 2.59 bits per heavy atom.